The van der Waals surface area contributed by atoms with E-state index < -0.39 is 16.3 Å². The van der Waals surface area contributed by atoms with Crippen LogP contribution in [0, 0.1) is 13.8 Å². The number of benzene rings is 2. The molecule has 3 rings (SSSR count). The van der Waals surface area contributed by atoms with Gasteiger partial charge >= 0.3 is 0 Å². The van der Waals surface area contributed by atoms with Crippen LogP contribution in [0.15, 0.2) is 48.5 Å². The average molecular weight is 431 g/mol. The van der Waals surface area contributed by atoms with Gasteiger partial charge in [0.2, 0.25) is 5.91 Å². The van der Waals surface area contributed by atoms with E-state index in [0.29, 0.717) is 26.2 Å². The molecule has 0 bridgehead atoms. The van der Waals surface area contributed by atoms with E-state index in [1.807, 2.05) is 62.4 Å². The van der Waals surface area contributed by atoms with Gasteiger partial charge in [-0.3, -0.25) is 9.69 Å². The molecule has 1 aliphatic heterocycles. The summed E-state index contributed by atoms with van der Waals surface area (Å²) in [6.45, 7) is 5.62. The van der Waals surface area contributed by atoms with Crippen molar-refractivity contribution in [2.45, 2.75) is 19.9 Å². The number of hydrogen-bond donors (Lipinski definition) is 1. The highest BCUT2D eigenvalue weighted by atomic mass is 32.2. The minimum Gasteiger partial charge on any atom is -0.324 e. The Labute approximate surface area is 179 Å². The first-order chi connectivity index (χ1) is 14.2. The molecule has 2 aromatic rings. The van der Waals surface area contributed by atoms with E-state index in [2.05, 4.69) is 10.2 Å². The molecule has 2 aromatic carbocycles. The number of hydrogen-bond acceptors (Lipinski definition) is 4. The first kappa shape index (κ1) is 22.4. The highest BCUT2D eigenvalue weighted by molar-refractivity contribution is 7.86. The highest BCUT2D eigenvalue weighted by Gasteiger charge is 2.34. The number of rotatable bonds is 6. The quantitative estimate of drug-likeness (QED) is 0.764. The van der Waals surface area contributed by atoms with Crippen LogP contribution in [0.5, 0.6) is 0 Å². The summed E-state index contributed by atoms with van der Waals surface area (Å²) in [6, 6.07) is 15.1. The molecular weight excluding hydrogens is 400 g/mol. The fraction of sp³-hybridized carbons (Fsp3) is 0.409. The highest BCUT2D eigenvalue weighted by Crippen LogP contribution is 2.26. The summed E-state index contributed by atoms with van der Waals surface area (Å²) in [5.74, 6) is -0.112. The van der Waals surface area contributed by atoms with Gasteiger partial charge in [0.15, 0.2) is 0 Å². The molecule has 30 heavy (non-hydrogen) atoms. The monoisotopic (exact) mass is 430 g/mol. The molecular formula is C22H30N4O3S. The van der Waals surface area contributed by atoms with E-state index in [1.165, 1.54) is 22.7 Å². The van der Waals surface area contributed by atoms with Crippen molar-refractivity contribution in [1.29, 1.82) is 0 Å². The molecule has 0 spiro atoms. The van der Waals surface area contributed by atoms with Gasteiger partial charge in [0, 0.05) is 46.0 Å². The second kappa shape index (κ2) is 9.26. The molecule has 1 heterocycles. The van der Waals surface area contributed by atoms with Gasteiger partial charge in [0.25, 0.3) is 10.2 Å². The Hall–Kier alpha value is -2.26. The maximum Gasteiger partial charge on any atom is 0.281 e. The predicted octanol–water partition coefficient (Wildman–Crippen LogP) is 2.41. The Morgan fingerprint density at radius 3 is 2.23 bits per heavy atom. The van der Waals surface area contributed by atoms with Gasteiger partial charge in [0.1, 0.15) is 6.04 Å². The van der Waals surface area contributed by atoms with Crippen LogP contribution in [0.2, 0.25) is 0 Å². The Morgan fingerprint density at radius 1 is 1.00 bits per heavy atom. The molecule has 7 nitrogen and oxygen atoms in total. The lowest BCUT2D eigenvalue weighted by Gasteiger charge is -2.38. The lowest BCUT2D eigenvalue weighted by atomic mass is 10.0. The smallest absolute Gasteiger partial charge is 0.281 e. The summed E-state index contributed by atoms with van der Waals surface area (Å²) in [5, 5.41) is 3.09. The van der Waals surface area contributed by atoms with Gasteiger partial charge in [-0.05, 0) is 36.6 Å². The topological polar surface area (TPSA) is 73.0 Å². The number of aryl methyl sites for hydroxylation is 2. The van der Waals surface area contributed by atoms with Crippen LogP contribution in [0.25, 0.3) is 0 Å². The van der Waals surface area contributed by atoms with Gasteiger partial charge in [-0.2, -0.15) is 17.0 Å². The van der Waals surface area contributed by atoms with Gasteiger partial charge in [-0.1, -0.05) is 42.5 Å². The van der Waals surface area contributed by atoms with E-state index in [9.17, 15) is 13.2 Å². The molecule has 162 valence electrons. The van der Waals surface area contributed by atoms with Gasteiger partial charge in [0.05, 0.1) is 0 Å². The molecule has 1 amide bonds. The zero-order chi connectivity index (χ0) is 21.9. The molecule has 1 atom stereocenters. The SMILES string of the molecule is Cc1ccc(C)c(NC(=O)[C@@H](c2ccccc2)N2CCN(S(=O)(=O)N(C)C)CC2)c1. The van der Waals surface area contributed by atoms with Crippen LogP contribution in [-0.2, 0) is 15.0 Å². The van der Waals surface area contributed by atoms with Gasteiger partial charge < -0.3 is 5.32 Å². The van der Waals surface area contributed by atoms with Crippen molar-refractivity contribution in [3.8, 4) is 0 Å². The predicted molar refractivity (Wildman–Crippen MR) is 119 cm³/mol. The summed E-state index contributed by atoms with van der Waals surface area (Å²) in [7, 11) is -0.386. The van der Waals surface area contributed by atoms with Crippen LogP contribution in [0.4, 0.5) is 5.69 Å². The van der Waals surface area contributed by atoms with E-state index in [0.717, 1.165) is 22.4 Å². The maximum atomic E-state index is 13.4. The lowest BCUT2D eigenvalue weighted by molar-refractivity contribution is -0.122. The molecule has 8 heteroatoms. The summed E-state index contributed by atoms with van der Waals surface area (Å²) >= 11 is 0. The molecule has 0 unspecified atom stereocenters. The van der Waals surface area contributed by atoms with Crippen LogP contribution < -0.4 is 5.32 Å². The maximum absolute atomic E-state index is 13.4. The summed E-state index contributed by atoms with van der Waals surface area (Å²) in [6.07, 6.45) is 0. The van der Waals surface area contributed by atoms with Crippen molar-refractivity contribution in [2.24, 2.45) is 0 Å². The molecule has 1 aliphatic rings. The fourth-order valence-corrected chi connectivity index (χ4v) is 4.74. The van der Waals surface area contributed by atoms with Crippen molar-refractivity contribution in [3.05, 3.63) is 65.2 Å². The second-order valence-corrected chi connectivity index (χ2v) is 9.99. The number of anilines is 1. The minimum atomic E-state index is -3.45. The number of nitrogens with zero attached hydrogens (tertiary/aromatic N) is 3. The van der Waals surface area contributed by atoms with E-state index in [4.69, 9.17) is 0 Å². The van der Waals surface area contributed by atoms with E-state index >= 15 is 0 Å². The van der Waals surface area contributed by atoms with Crippen molar-refractivity contribution in [1.82, 2.24) is 13.5 Å². The van der Waals surface area contributed by atoms with Crippen LogP contribution in [0.1, 0.15) is 22.7 Å². The van der Waals surface area contributed by atoms with Crippen molar-refractivity contribution < 1.29 is 13.2 Å². The molecule has 1 N–H and O–H groups in total. The molecule has 0 aliphatic carbocycles. The van der Waals surface area contributed by atoms with Gasteiger partial charge in [-0.15, -0.1) is 0 Å². The Kier molecular flexibility index (Phi) is 6.92. The summed E-state index contributed by atoms with van der Waals surface area (Å²) in [5.41, 5.74) is 3.77. The zero-order valence-electron chi connectivity index (χ0n) is 18.0. The lowest BCUT2D eigenvalue weighted by Crippen LogP contribution is -2.53. The third kappa shape index (κ3) is 4.89. The summed E-state index contributed by atoms with van der Waals surface area (Å²) in [4.78, 5) is 15.4. The first-order valence-electron chi connectivity index (χ1n) is 10.0. The van der Waals surface area contributed by atoms with Crippen molar-refractivity contribution in [2.75, 3.05) is 45.6 Å². The first-order valence-corrected chi connectivity index (χ1v) is 11.4. The minimum absolute atomic E-state index is 0.112. The number of piperazine rings is 1. The second-order valence-electron chi connectivity index (χ2n) is 7.85. The average Bonchev–Trinajstić information content (AvgIpc) is 2.72. The number of nitrogens with one attached hydrogen (secondary N) is 1. The van der Waals surface area contributed by atoms with E-state index in [1.54, 1.807) is 0 Å². The molecule has 1 saturated heterocycles. The van der Waals surface area contributed by atoms with Crippen molar-refractivity contribution >= 4 is 21.8 Å². The van der Waals surface area contributed by atoms with Crippen LogP contribution >= 0.6 is 0 Å². The number of carbonyl (C=O) groups excluding carboxylic acids is 1. The Balaban J connectivity index is 1.82. The summed E-state index contributed by atoms with van der Waals surface area (Å²) < 4.78 is 27.6. The van der Waals surface area contributed by atoms with E-state index in [-0.39, 0.29) is 5.91 Å². The fourth-order valence-electron chi connectivity index (χ4n) is 3.66. The number of carbonyl (C=O) groups is 1. The van der Waals surface area contributed by atoms with Crippen LogP contribution in [-0.4, -0.2) is 68.1 Å². The van der Waals surface area contributed by atoms with Crippen molar-refractivity contribution in [3.63, 3.8) is 0 Å². The largest absolute Gasteiger partial charge is 0.324 e. The standard InChI is InChI=1S/C22H30N4O3S/c1-17-10-11-18(2)20(16-17)23-22(27)21(19-8-6-5-7-9-19)25-12-14-26(15-13-25)30(28,29)24(3)4/h5-11,16,21H,12-15H2,1-4H3,(H,23,27)/t21-/m1/s1. The third-order valence-electron chi connectivity index (χ3n) is 5.44. The molecule has 1 fully saturated rings. The third-order valence-corrected chi connectivity index (χ3v) is 7.38. The molecule has 0 aromatic heterocycles. The number of amides is 1. The Morgan fingerprint density at radius 2 is 1.63 bits per heavy atom. The molecule has 0 radical (unpaired) electrons. The Bertz CT molecular complexity index is 985. The molecule has 0 saturated carbocycles. The normalized spacial score (nSPS) is 17.1. The van der Waals surface area contributed by atoms with Crippen LogP contribution in [0.3, 0.4) is 0 Å². The zero-order valence-corrected chi connectivity index (χ0v) is 18.8. The van der Waals surface area contributed by atoms with Gasteiger partial charge in [-0.25, -0.2) is 0 Å².